The minimum atomic E-state index is 0.0488. The Morgan fingerprint density at radius 2 is 2.00 bits per heavy atom. The van der Waals surface area contributed by atoms with Crippen LogP contribution in [-0.2, 0) is 0 Å². The van der Waals surface area contributed by atoms with Crippen molar-refractivity contribution in [2.75, 3.05) is 0 Å². The van der Waals surface area contributed by atoms with Gasteiger partial charge in [-0.15, -0.1) is 15.0 Å². The van der Waals surface area contributed by atoms with Crippen LogP contribution in [-0.4, -0.2) is 20.2 Å². The Kier molecular flexibility index (Phi) is 2.24. The highest BCUT2D eigenvalue weighted by molar-refractivity contribution is 5.33. The van der Waals surface area contributed by atoms with Crippen molar-refractivity contribution in [3.8, 4) is 5.69 Å². The van der Waals surface area contributed by atoms with Crippen LogP contribution in [0.4, 0.5) is 0 Å². The van der Waals surface area contributed by atoms with E-state index in [1.807, 2.05) is 31.2 Å². The maximum atomic E-state index is 5.73. The summed E-state index contributed by atoms with van der Waals surface area (Å²) < 4.78 is 0. The van der Waals surface area contributed by atoms with Gasteiger partial charge >= 0.3 is 0 Å². The Bertz CT molecular complexity index is 390. The minimum Gasteiger partial charge on any atom is -0.324 e. The van der Waals surface area contributed by atoms with E-state index in [1.54, 1.807) is 0 Å². The third-order valence-electron chi connectivity index (χ3n) is 2.00. The lowest BCUT2D eigenvalue weighted by molar-refractivity contribution is 0.718. The fraction of sp³-hybridized carbons (Fsp3) is 0.222. The molecule has 14 heavy (non-hydrogen) atoms. The molecule has 2 aromatic rings. The Morgan fingerprint density at radius 3 is 2.50 bits per heavy atom. The van der Waals surface area contributed by atoms with E-state index in [0.29, 0.717) is 0 Å². The second kappa shape index (κ2) is 3.55. The number of rotatable bonds is 2. The SMILES string of the molecule is C[C@@H](N)c1ccc(-n2ncnn2)cc1. The number of benzene rings is 1. The predicted molar refractivity (Wildman–Crippen MR) is 51.8 cm³/mol. The standard InChI is InChI=1S/C9H11N5/c1-7(10)8-2-4-9(5-3-8)14-12-6-11-13-14/h2-7H,10H2,1H3/t7-/m1/s1. The highest BCUT2D eigenvalue weighted by atomic mass is 15.6. The van der Waals surface area contributed by atoms with E-state index in [2.05, 4.69) is 15.4 Å². The molecule has 0 fully saturated rings. The summed E-state index contributed by atoms with van der Waals surface area (Å²) in [7, 11) is 0. The van der Waals surface area contributed by atoms with Crippen molar-refractivity contribution in [3.63, 3.8) is 0 Å². The normalized spacial score (nSPS) is 12.7. The van der Waals surface area contributed by atoms with Gasteiger partial charge in [-0.25, -0.2) is 0 Å². The van der Waals surface area contributed by atoms with Crippen molar-refractivity contribution >= 4 is 0 Å². The first kappa shape index (κ1) is 8.83. The first-order valence-corrected chi connectivity index (χ1v) is 4.36. The van der Waals surface area contributed by atoms with E-state index in [4.69, 9.17) is 5.73 Å². The number of aromatic nitrogens is 4. The van der Waals surface area contributed by atoms with Crippen molar-refractivity contribution in [3.05, 3.63) is 36.2 Å². The number of hydrogen-bond acceptors (Lipinski definition) is 4. The zero-order valence-electron chi connectivity index (χ0n) is 7.83. The van der Waals surface area contributed by atoms with Crippen molar-refractivity contribution in [2.45, 2.75) is 13.0 Å². The number of tetrazole rings is 1. The molecule has 0 bridgehead atoms. The van der Waals surface area contributed by atoms with Gasteiger partial charge in [0, 0.05) is 6.04 Å². The molecule has 0 radical (unpaired) electrons. The summed E-state index contributed by atoms with van der Waals surface area (Å²) >= 11 is 0. The molecular formula is C9H11N5. The Labute approximate surface area is 81.5 Å². The molecular weight excluding hydrogens is 178 g/mol. The summed E-state index contributed by atoms with van der Waals surface area (Å²) in [5, 5.41) is 11.3. The van der Waals surface area contributed by atoms with Gasteiger partial charge in [-0.1, -0.05) is 12.1 Å². The van der Waals surface area contributed by atoms with E-state index in [0.717, 1.165) is 11.3 Å². The largest absolute Gasteiger partial charge is 0.324 e. The quantitative estimate of drug-likeness (QED) is 0.754. The highest BCUT2D eigenvalue weighted by Crippen LogP contribution is 2.11. The van der Waals surface area contributed by atoms with E-state index < -0.39 is 0 Å². The summed E-state index contributed by atoms with van der Waals surface area (Å²) in [5.41, 5.74) is 7.70. The van der Waals surface area contributed by atoms with Gasteiger partial charge in [0.05, 0.1) is 5.69 Å². The van der Waals surface area contributed by atoms with E-state index in [1.165, 1.54) is 11.1 Å². The molecule has 0 aliphatic carbocycles. The van der Waals surface area contributed by atoms with Crippen LogP contribution in [0.15, 0.2) is 30.6 Å². The molecule has 1 heterocycles. The minimum absolute atomic E-state index is 0.0488. The molecule has 1 atom stereocenters. The zero-order chi connectivity index (χ0) is 9.97. The van der Waals surface area contributed by atoms with Gasteiger partial charge in [-0.2, -0.15) is 0 Å². The fourth-order valence-corrected chi connectivity index (χ4v) is 1.20. The second-order valence-electron chi connectivity index (χ2n) is 3.11. The Morgan fingerprint density at radius 1 is 1.29 bits per heavy atom. The lowest BCUT2D eigenvalue weighted by Gasteiger charge is -2.05. The monoisotopic (exact) mass is 189 g/mol. The zero-order valence-corrected chi connectivity index (χ0v) is 7.83. The molecule has 0 aliphatic heterocycles. The van der Waals surface area contributed by atoms with Crippen molar-refractivity contribution in [2.24, 2.45) is 5.73 Å². The average molecular weight is 189 g/mol. The van der Waals surface area contributed by atoms with Crippen LogP contribution in [0.2, 0.25) is 0 Å². The average Bonchev–Trinajstić information content (AvgIpc) is 2.71. The first-order valence-electron chi connectivity index (χ1n) is 4.36. The predicted octanol–water partition coefficient (Wildman–Crippen LogP) is 0.682. The molecule has 2 N–H and O–H groups in total. The van der Waals surface area contributed by atoms with Gasteiger partial charge in [0.1, 0.15) is 0 Å². The Hall–Kier alpha value is -1.75. The second-order valence-corrected chi connectivity index (χ2v) is 3.11. The van der Waals surface area contributed by atoms with Crippen molar-refractivity contribution in [1.29, 1.82) is 0 Å². The number of nitrogens with zero attached hydrogens (tertiary/aromatic N) is 4. The summed E-state index contributed by atoms with van der Waals surface area (Å²) in [4.78, 5) is 1.46. The maximum Gasteiger partial charge on any atom is 0.162 e. The van der Waals surface area contributed by atoms with Crippen LogP contribution in [0.25, 0.3) is 5.69 Å². The molecule has 1 aromatic heterocycles. The molecule has 0 amide bonds. The molecule has 1 aromatic carbocycles. The molecule has 0 unspecified atom stereocenters. The third kappa shape index (κ3) is 1.62. The topological polar surface area (TPSA) is 69.6 Å². The molecule has 5 heteroatoms. The molecule has 0 saturated carbocycles. The number of nitrogens with two attached hydrogens (primary N) is 1. The van der Waals surface area contributed by atoms with Gasteiger partial charge in [0.25, 0.3) is 0 Å². The smallest absolute Gasteiger partial charge is 0.162 e. The van der Waals surface area contributed by atoms with Crippen molar-refractivity contribution < 1.29 is 0 Å². The summed E-state index contributed by atoms with van der Waals surface area (Å²) in [6.45, 7) is 1.95. The van der Waals surface area contributed by atoms with Crippen LogP contribution in [0, 0.1) is 0 Å². The van der Waals surface area contributed by atoms with Crippen molar-refractivity contribution in [1.82, 2.24) is 20.2 Å². The van der Waals surface area contributed by atoms with Crippen LogP contribution >= 0.6 is 0 Å². The van der Waals surface area contributed by atoms with Crippen LogP contribution in [0.1, 0.15) is 18.5 Å². The molecule has 2 rings (SSSR count). The van der Waals surface area contributed by atoms with E-state index >= 15 is 0 Å². The molecule has 0 spiro atoms. The first-order chi connectivity index (χ1) is 6.77. The third-order valence-corrected chi connectivity index (χ3v) is 2.00. The van der Waals surface area contributed by atoms with Crippen LogP contribution in [0.5, 0.6) is 0 Å². The molecule has 0 aliphatic rings. The molecule has 0 saturated heterocycles. The lowest BCUT2D eigenvalue weighted by Crippen LogP contribution is -2.05. The fourth-order valence-electron chi connectivity index (χ4n) is 1.20. The van der Waals surface area contributed by atoms with Gasteiger partial charge in [-0.05, 0) is 29.8 Å². The summed E-state index contributed by atoms with van der Waals surface area (Å²) in [6.07, 6.45) is 1.40. The Balaban J connectivity index is 2.31. The lowest BCUT2D eigenvalue weighted by atomic mass is 10.1. The van der Waals surface area contributed by atoms with E-state index in [9.17, 15) is 0 Å². The van der Waals surface area contributed by atoms with Crippen LogP contribution < -0.4 is 5.73 Å². The van der Waals surface area contributed by atoms with Gasteiger partial charge in [-0.3, -0.25) is 0 Å². The summed E-state index contributed by atoms with van der Waals surface area (Å²) in [5.74, 6) is 0. The maximum absolute atomic E-state index is 5.73. The van der Waals surface area contributed by atoms with Gasteiger partial charge in [0.2, 0.25) is 0 Å². The van der Waals surface area contributed by atoms with Gasteiger partial charge < -0.3 is 5.73 Å². The van der Waals surface area contributed by atoms with E-state index in [-0.39, 0.29) is 6.04 Å². The number of hydrogen-bond donors (Lipinski definition) is 1. The molecule has 72 valence electrons. The van der Waals surface area contributed by atoms with Gasteiger partial charge in [0.15, 0.2) is 6.33 Å². The highest BCUT2D eigenvalue weighted by Gasteiger charge is 2.01. The van der Waals surface area contributed by atoms with Crippen LogP contribution in [0.3, 0.4) is 0 Å². The summed E-state index contributed by atoms with van der Waals surface area (Å²) in [6, 6.07) is 7.81. The molecule has 5 nitrogen and oxygen atoms in total.